The second-order valence-electron chi connectivity index (χ2n) is 3.73. The van der Waals surface area contributed by atoms with Gasteiger partial charge in [0.15, 0.2) is 0 Å². The van der Waals surface area contributed by atoms with E-state index in [1.165, 1.54) is 0 Å². The van der Waals surface area contributed by atoms with E-state index in [4.69, 9.17) is 9.60 Å². The van der Waals surface area contributed by atoms with Gasteiger partial charge in [-0.3, -0.25) is 9.79 Å². The first kappa shape index (κ1) is 4.33. The van der Waals surface area contributed by atoms with E-state index in [0.29, 0.717) is 12.8 Å². The summed E-state index contributed by atoms with van der Waals surface area (Å²) in [6.45, 7) is -3.09. The van der Waals surface area contributed by atoms with Gasteiger partial charge in [0.1, 0.15) is 11.4 Å². The van der Waals surface area contributed by atoms with Gasteiger partial charge >= 0.3 is 0 Å². The minimum absolute atomic E-state index is 0.0417. The van der Waals surface area contributed by atoms with Crippen molar-refractivity contribution in [2.45, 2.75) is 57.2 Å². The van der Waals surface area contributed by atoms with Gasteiger partial charge in [0.2, 0.25) is 0 Å². The van der Waals surface area contributed by atoms with Gasteiger partial charge in [-0.25, -0.2) is 0 Å². The first-order valence-electron chi connectivity index (χ1n) is 8.32. The number of hydrogen-bond donors (Lipinski definition) is 1. The van der Waals surface area contributed by atoms with Crippen molar-refractivity contribution in [2.75, 3.05) is 0 Å². The molecule has 1 fully saturated rings. The Hall–Kier alpha value is -0.860. The van der Waals surface area contributed by atoms with E-state index in [0.717, 1.165) is 12.8 Å². The lowest BCUT2D eigenvalue weighted by molar-refractivity contribution is -0.123. The number of amides is 1. The second kappa shape index (κ2) is 3.71. The summed E-state index contributed by atoms with van der Waals surface area (Å²) in [5, 5.41) is 2.49. The molecule has 1 N–H and O–H groups in total. The van der Waals surface area contributed by atoms with Gasteiger partial charge < -0.3 is 5.32 Å². The molecule has 1 spiro atoms. The molecule has 0 bridgehead atoms. The topological polar surface area (TPSA) is 41.5 Å². The highest BCUT2D eigenvalue weighted by atomic mass is 16.2. The third-order valence-electron chi connectivity index (χ3n) is 2.80. The van der Waals surface area contributed by atoms with E-state index >= 15 is 0 Å². The Labute approximate surface area is 94.8 Å². The van der Waals surface area contributed by atoms with Crippen LogP contribution in [-0.4, -0.2) is 17.3 Å². The van der Waals surface area contributed by atoms with Gasteiger partial charge in [0.05, 0.1) is 0 Å². The van der Waals surface area contributed by atoms with Crippen LogP contribution < -0.4 is 5.32 Å². The molecule has 0 aromatic rings. The quantitative estimate of drug-likeness (QED) is 0.745. The summed E-state index contributed by atoms with van der Waals surface area (Å²) in [6.07, 6.45) is -3.32. The lowest BCUT2D eigenvalue weighted by Gasteiger charge is -2.14. The first-order valence-corrected chi connectivity index (χ1v) is 4.82. The molecule has 2 rings (SSSR count). The number of aliphatic imine (C=N–C) groups is 1. The van der Waals surface area contributed by atoms with Crippen LogP contribution >= 0.6 is 0 Å². The fourth-order valence-electron chi connectivity index (χ4n) is 2.09. The predicted molar refractivity (Wildman–Crippen MR) is 56.3 cm³/mol. The fraction of sp³-hybridized carbons (Fsp3) is 0.818. The molecular formula is C11H18N2O. The van der Waals surface area contributed by atoms with Gasteiger partial charge in [-0.05, 0) is 19.2 Å². The summed E-state index contributed by atoms with van der Waals surface area (Å²) in [7, 11) is 0. The van der Waals surface area contributed by atoms with Gasteiger partial charge in [0.25, 0.3) is 5.91 Å². The van der Waals surface area contributed by atoms with Gasteiger partial charge in [-0.2, -0.15) is 0 Å². The maximum absolute atomic E-state index is 12.0. The number of hydrogen-bond acceptors (Lipinski definition) is 2. The van der Waals surface area contributed by atoms with Crippen LogP contribution in [0.1, 0.15) is 61.3 Å². The zero-order valence-electron chi connectivity index (χ0n) is 14.9. The van der Waals surface area contributed by atoms with Gasteiger partial charge in [0, 0.05) is 16.0 Å². The third-order valence-corrected chi connectivity index (χ3v) is 2.80. The average Bonchev–Trinajstić information content (AvgIpc) is 2.86. The van der Waals surface area contributed by atoms with Crippen molar-refractivity contribution in [1.82, 2.24) is 5.32 Å². The average molecular weight is 201 g/mol. The Morgan fingerprint density at radius 2 is 2.43 bits per heavy atom. The van der Waals surface area contributed by atoms with Crippen LogP contribution in [0.15, 0.2) is 4.99 Å². The van der Waals surface area contributed by atoms with E-state index in [-0.39, 0.29) is 11.7 Å². The van der Waals surface area contributed by atoms with Crippen molar-refractivity contribution in [3.8, 4) is 0 Å². The normalized spacial score (nSPS) is 34.4. The van der Waals surface area contributed by atoms with Gasteiger partial charge in [-0.1, -0.05) is 26.1 Å². The molecule has 0 aromatic heterocycles. The summed E-state index contributed by atoms with van der Waals surface area (Å²) in [5.41, 5.74) is -0.849. The maximum Gasteiger partial charge on any atom is 0.253 e. The molecule has 0 saturated heterocycles. The number of amidine groups is 1. The van der Waals surface area contributed by atoms with Crippen molar-refractivity contribution >= 4 is 11.7 Å². The van der Waals surface area contributed by atoms with Crippen molar-refractivity contribution in [3.63, 3.8) is 0 Å². The number of carbonyl (C=O) groups is 1. The molecule has 3 heteroatoms. The second-order valence-corrected chi connectivity index (χ2v) is 3.73. The molecule has 0 aromatic carbocycles. The fourth-order valence-corrected chi connectivity index (χ4v) is 2.09. The van der Waals surface area contributed by atoms with Crippen LogP contribution in [0.4, 0.5) is 0 Å². The Kier molecular flexibility index (Phi) is 1.15. The summed E-state index contributed by atoms with van der Waals surface area (Å²) >= 11 is 0. The Balaban J connectivity index is 2.20. The summed E-state index contributed by atoms with van der Waals surface area (Å²) in [4.78, 5) is 16.2. The van der Waals surface area contributed by atoms with Crippen LogP contribution in [0, 0.1) is 0 Å². The van der Waals surface area contributed by atoms with Crippen LogP contribution in [-0.2, 0) is 4.79 Å². The molecule has 1 saturated carbocycles. The molecule has 0 atom stereocenters. The lowest BCUT2D eigenvalue weighted by atomic mass is 9.99. The van der Waals surface area contributed by atoms with Crippen LogP contribution in [0.5, 0.6) is 0 Å². The molecule has 3 nitrogen and oxygen atoms in total. The smallest absolute Gasteiger partial charge is 0.253 e. The molecule has 1 aliphatic carbocycles. The summed E-state index contributed by atoms with van der Waals surface area (Å²) in [5.74, 6) is -0.250. The van der Waals surface area contributed by atoms with Crippen molar-refractivity contribution in [3.05, 3.63) is 0 Å². The molecule has 2 aliphatic rings. The standard InChI is InChI=1S/C11H18N2O/c1-2-3-6-9-12-10(14)11(13-9)7-4-5-8-11/h2-8H2,1H3,(H,12,13,14)/i1D3,2D2,3D2. The van der Waals surface area contributed by atoms with E-state index < -0.39 is 31.6 Å². The summed E-state index contributed by atoms with van der Waals surface area (Å²) < 4.78 is 52.1. The van der Waals surface area contributed by atoms with E-state index in [2.05, 4.69) is 10.3 Å². The van der Waals surface area contributed by atoms with E-state index in [1.54, 1.807) is 0 Å². The summed E-state index contributed by atoms with van der Waals surface area (Å²) in [6, 6.07) is 0. The van der Waals surface area contributed by atoms with E-state index in [1.807, 2.05) is 0 Å². The SMILES string of the molecule is [2H]C([2H])([2H])C([2H])([2H])C([2H])([2H])CC1=NC2(CCCC2)C(=O)N1. The Bertz CT molecular complexity index is 477. The molecular weight excluding hydrogens is 176 g/mol. The van der Waals surface area contributed by atoms with Gasteiger partial charge in [-0.15, -0.1) is 0 Å². The maximum atomic E-state index is 12.0. The molecule has 1 aliphatic heterocycles. The number of carbonyl (C=O) groups excluding carboxylic acids is 1. The Morgan fingerprint density at radius 1 is 1.64 bits per heavy atom. The molecule has 0 unspecified atom stereocenters. The number of nitrogens with one attached hydrogen (secondary N) is 1. The molecule has 78 valence electrons. The first-order chi connectivity index (χ1) is 9.41. The van der Waals surface area contributed by atoms with Crippen LogP contribution in [0.25, 0.3) is 0 Å². The minimum Gasteiger partial charge on any atom is -0.312 e. The lowest BCUT2D eigenvalue weighted by Crippen LogP contribution is -2.37. The van der Waals surface area contributed by atoms with Crippen LogP contribution in [0.3, 0.4) is 0 Å². The minimum atomic E-state index is -3.09. The van der Waals surface area contributed by atoms with Crippen molar-refractivity contribution in [2.24, 2.45) is 4.99 Å². The monoisotopic (exact) mass is 201 g/mol. The number of rotatable bonds is 3. The molecule has 0 radical (unpaired) electrons. The predicted octanol–water partition coefficient (Wildman–Crippen LogP) is 2.02. The van der Waals surface area contributed by atoms with Crippen molar-refractivity contribution in [1.29, 1.82) is 0 Å². The highest BCUT2D eigenvalue weighted by molar-refractivity contribution is 6.08. The van der Waals surface area contributed by atoms with E-state index in [9.17, 15) is 4.79 Å². The number of nitrogens with zero attached hydrogens (tertiary/aromatic N) is 1. The van der Waals surface area contributed by atoms with Crippen molar-refractivity contribution < 1.29 is 14.4 Å². The van der Waals surface area contributed by atoms with Crippen LogP contribution in [0.2, 0.25) is 0 Å². The largest absolute Gasteiger partial charge is 0.312 e. The molecule has 1 heterocycles. The third kappa shape index (κ3) is 1.56. The molecule has 1 amide bonds. The zero-order valence-corrected chi connectivity index (χ0v) is 7.89. The zero-order chi connectivity index (χ0) is 16.1. The highest BCUT2D eigenvalue weighted by Crippen LogP contribution is 2.36. The molecule has 14 heavy (non-hydrogen) atoms. The Morgan fingerprint density at radius 3 is 3.14 bits per heavy atom. The highest BCUT2D eigenvalue weighted by Gasteiger charge is 2.45.